The fourth-order valence-electron chi connectivity index (χ4n) is 3.66. The molecule has 0 aliphatic heterocycles. The summed E-state index contributed by atoms with van der Waals surface area (Å²) >= 11 is 0. The zero-order valence-electron chi connectivity index (χ0n) is 12.4. The molecule has 0 bridgehead atoms. The van der Waals surface area contributed by atoms with Crippen molar-refractivity contribution in [2.24, 2.45) is 11.3 Å². The average Bonchev–Trinajstić information content (AvgIpc) is 2.80. The van der Waals surface area contributed by atoms with Crippen molar-refractivity contribution in [3.05, 3.63) is 17.5 Å². The number of aromatic nitrogens is 2. The number of rotatable bonds is 2. The van der Waals surface area contributed by atoms with Gasteiger partial charge in [-0.2, -0.15) is 5.10 Å². The van der Waals surface area contributed by atoms with Gasteiger partial charge < -0.3 is 5.11 Å². The molecule has 0 radical (unpaired) electrons. The minimum absolute atomic E-state index is 0.143. The fourth-order valence-corrected chi connectivity index (χ4v) is 3.66. The monoisotopic (exact) mass is 276 g/mol. The second-order valence-electron chi connectivity index (χ2n) is 7.27. The van der Waals surface area contributed by atoms with E-state index in [1.165, 1.54) is 17.7 Å². The SMILES string of the molecule is CC1(C)CCc2nn(C3CCC(C(=O)O)CC3)cc2C1. The zero-order valence-corrected chi connectivity index (χ0v) is 12.4. The van der Waals surface area contributed by atoms with Crippen molar-refractivity contribution >= 4 is 5.97 Å². The van der Waals surface area contributed by atoms with E-state index in [0.717, 1.165) is 38.5 Å². The quantitative estimate of drug-likeness (QED) is 0.902. The number of fused-ring (bicyclic) bond motifs is 1. The van der Waals surface area contributed by atoms with Crippen molar-refractivity contribution in [1.29, 1.82) is 0 Å². The van der Waals surface area contributed by atoms with Crippen LogP contribution in [0.25, 0.3) is 0 Å². The molecule has 4 heteroatoms. The van der Waals surface area contributed by atoms with Gasteiger partial charge in [0.15, 0.2) is 0 Å². The Balaban J connectivity index is 1.71. The van der Waals surface area contributed by atoms with Gasteiger partial charge in [-0.15, -0.1) is 0 Å². The normalized spacial score (nSPS) is 28.9. The molecule has 1 N–H and O–H groups in total. The summed E-state index contributed by atoms with van der Waals surface area (Å²) in [6.45, 7) is 4.65. The number of aliphatic carboxylic acids is 1. The predicted molar refractivity (Wildman–Crippen MR) is 76.7 cm³/mol. The maximum Gasteiger partial charge on any atom is 0.306 e. The van der Waals surface area contributed by atoms with Crippen molar-refractivity contribution in [2.75, 3.05) is 0 Å². The molecule has 1 saturated carbocycles. The largest absolute Gasteiger partial charge is 0.481 e. The Labute approximate surface area is 120 Å². The van der Waals surface area contributed by atoms with Gasteiger partial charge in [0.2, 0.25) is 0 Å². The molecule has 3 rings (SSSR count). The van der Waals surface area contributed by atoms with Crippen molar-refractivity contribution in [2.45, 2.75) is 64.8 Å². The molecule has 0 amide bonds. The lowest BCUT2D eigenvalue weighted by atomic mass is 9.77. The second kappa shape index (κ2) is 4.90. The van der Waals surface area contributed by atoms with E-state index >= 15 is 0 Å². The first-order valence-electron chi connectivity index (χ1n) is 7.74. The van der Waals surface area contributed by atoms with Crippen molar-refractivity contribution in [3.8, 4) is 0 Å². The molecule has 0 atom stereocenters. The van der Waals surface area contributed by atoms with E-state index in [4.69, 9.17) is 10.2 Å². The molecule has 1 aromatic heterocycles. The summed E-state index contributed by atoms with van der Waals surface area (Å²) in [7, 11) is 0. The third-order valence-corrected chi connectivity index (χ3v) is 5.02. The van der Waals surface area contributed by atoms with Gasteiger partial charge in [0.05, 0.1) is 17.7 Å². The van der Waals surface area contributed by atoms with Crippen LogP contribution in [0.5, 0.6) is 0 Å². The van der Waals surface area contributed by atoms with Crippen molar-refractivity contribution in [1.82, 2.24) is 9.78 Å². The highest BCUT2D eigenvalue weighted by molar-refractivity contribution is 5.70. The maximum absolute atomic E-state index is 11.0. The average molecular weight is 276 g/mol. The first-order chi connectivity index (χ1) is 9.44. The van der Waals surface area contributed by atoms with Crippen LogP contribution in [0.3, 0.4) is 0 Å². The Morgan fingerprint density at radius 2 is 2.05 bits per heavy atom. The molecule has 0 spiro atoms. The van der Waals surface area contributed by atoms with E-state index in [1.807, 2.05) is 0 Å². The smallest absolute Gasteiger partial charge is 0.306 e. The van der Waals surface area contributed by atoms with Crippen LogP contribution in [0, 0.1) is 11.3 Å². The van der Waals surface area contributed by atoms with E-state index in [2.05, 4.69) is 24.7 Å². The number of carboxylic acid groups (broad SMARTS) is 1. The van der Waals surface area contributed by atoms with Crippen LogP contribution in [0.2, 0.25) is 0 Å². The summed E-state index contributed by atoms with van der Waals surface area (Å²) in [6, 6.07) is 0.402. The van der Waals surface area contributed by atoms with Crippen LogP contribution in [0.1, 0.15) is 63.3 Å². The predicted octanol–water partition coefficient (Wildman–Crippen LogP) is 3.21. The maximum atomic E-state index is 11.0. The number of carbonyl (C=O) groups is 1. The Morgan fingerprint density at radius 1 is 1.35 bits per heavy atom. The van der Waals surface area contributed by atoms with E-state index in [1.54, 1.807) is 0 Å². The van der Waals surface area contributed by atoms with Crippen LogP contribution >= 0.6 is 0 Å². The third-order valence-electron chi connectivity index (χ3n) is 5.02. The third kappa shape index (κ3) is 2.60. The number of hydrogen-bond donors (Lipinski definition) is 1. The summed E-state index contributed by atoms with van der Waals surface area (Å²) in [5, 5.41) is 13.8. The number of carboxylic acids is 1. The molecule has 20 heavy (non-hydrogen) atoms. The lowest BCUT2D eigenvalue weighted by molar-refractivity contribution is -0.143. The molecule has 110 valence electrons. The molecule has 1 heterocycles. The Morgan fingerprint density at radius 3 is 2.70 bits per heavy atom. The lowest BCUT2D eigenvalue weighted by Crippen LogP contribution is -2.23. The summed E-state index contributed by atoms with van der Waals surface area (Å²) in [6.07, 6.45) is 9.10. The van der Waals surface area contributed by atoms with Gasteiger partial charge in [0.25, 0.3) is 0 Å². The Hall–Kier alpha value is -1.32. The molecule has 1 fully saturated rings. The van der Waals surface area contributed by atoms with Crippen LogP contribution < -0.4 is 0 Å². The lowest BCUT2D eigenvalue weighted by Gasteiger charge is -2.28. The Bertz CT molecular complexity index is 511. The van der Waals surface area contributed by atoms with Gasteiger partial charge in [-0.05, 0) is 55.9 Å². The summed E-state index contributed by atoms with van der Waals surface area (Å²) in [4.78, 5) is 11.0. The highest BCUT2D eigenvalue weighted by atomic mass is 16.4. The van der Waals surface area contributed by atoms with Gasteiger partial charge in [0.1, 0.15) is 0 Å². The van der Waals surface area contributed by atoms with Gasteiger partial charge in [0, 0.05) is 6.20 Å². The van der Waals surface area contributed by atoms with Gasteiger partial charge in [-0.1, -0.05) is 13.8 Å². The van der Waals surface area contributed by atoms with E-state index in [0.29, 0.717) is 11.5 Å². The standard InChI is InChI=1S/C16H24N2O2/c1-16(2)8-7-14-12(9-16)10-18(17-14)13-5-3-11(4-6-13)15(19)20/h10-11,13H,3-9H2,1-2H3,(H,19,20). The van der Waals surface area contributed by atoms with Crippen LogP contribution in [-0.2, 0) is 17.6 Å². The molecule has 1 aromatic rings. The van der Waals surface area contributed by atoms with Crippen molar-refractivity contribution < 1.29 is 9.90 Å². The van der Waals surface area contributed by atoms with Crippen LogP contribution in [-0.4, -0.2) is 20.9 Å². The van der Waals surface area contributed by atoms with Crippen LogP contribution in [0.4, 0.5) is 0 Å². The van der Waals surface area contributed by atoms with Crippen molar-refractivity contribution in [3.63, 3.8) is 0 Å². The minimum atomic E-state index is -0.634. The summed E-state index contributed by atoms with van der Waals surface area (Å²) in [5.41, 5.74) is 3.06. The van der Waals surface area contributed by atoms with Gasteiger partial charge in [-0.25, -0.2) is 0 Å². The molecule has 4 nitrogen and oxygen atoms in total. The highest BCUT2D eigenvalue weighted by Gasteiger charge is 2.30. The number of hydrogen-bond acceptors (Lipinski definition) is 2. The van der Waals surface area contributed by atoms with E-state index in [9.17, 15) is 4.79 Å². The molecule has 2 aliphatic rings. The molecular formula is C16H24N2O2. The highest BCUT2D eigenvalue weighted by Crippen LogP contribution is 2.37. The topological polar surface area (TPSA) is 55.1 Å². The Kier molecular flexibility index (Phi) is 3.35. The molecular weight excluding hydrogens is 252 g/mol. The fraction of sp³-hybridized carbons (Fsp3) is 0.750. The van der Waals surface area contributed by atoms with Gasteiger partial charge >= 0.3 is 5.97 Å². The summed E-state index contributed by atoms with van der Waals surface area (Å²) < 4.78 is 2.13. The summed E-state index contributed by atoms with van der Waals surface area (Å²) in [5.74, 6) is -0.777. The minimum Gasteiger partial charge on any atom is -0.481 e. The van der Waals surface area contributed by atoms with E-state index < -0.39 is 5.97 Å². The first-order valence-corrected chi connectivity index (χ1v) is 7.74. The zero-order chi connectivity index (χ0) is 14.3. The molecule has 0 aromatic carbocycles. The first kappa shape index (κ1) is 13.7. The van der Waals surface area contributed by atoms with Gasteiger partial charge in [-0.3, -0.25) is 9.48 Å². The second-order valence-corrected chi connectivity index (χ2v) is 7.27. The molecule has 2 aliphatic carbocycles. The van der Waals surface area contributed by atoms with E-state index in [-0.39, 0.29) is 5.92 Å². The molecule has 0 unspecified atom stereocenters. The number of aryl methyl sites for hydroxylation is 1. The molecule has 0 saturated heterocycles. The number of nitrogens with zero attached hydrogens (tertiary/aromatic N) is 2. The van der Waals surface area contributed by atoms with Crippen LogP contribution in [0.15, 0.2) is 6.20 Å².